The van der Waals surface area contributed by atoms with Crippen molar-refractivity contribution in [2.24, 2.45) is 5.92 Å². The van der Waals surface area contributed by atoms with Crippen LogP contribution in [0.3, 0.4) is 0 Å². The number of carbonyl (C=O) groups excluding carboxylic acids is 1. The Morgan fingerprint density at radius 3 is 2.75 bits per heavy atom. The lowest BCUT2D eigenvalue weighted by molar-refractivity contribution is -0.133. The predicted molar refractivity (Wildman–Crippen MR) is 93.5 cm³/mol. The van der Waals surface area contributed by atoms with Crippen LogP contribution in [0.1, 0.15) is 12.8 Å². The minimum atomic E-state index is 0.220. The number of nitrogens with zero attached hydrogens (tertiary/aromatic N) is 4. The van der Waals surface area contributed by atoms with Gasteiger partial charge in [0.05, 0.1) is 6.33 Å². The number of imidazole rings is 1. The summed E-state index contributed by atoms with van der Waals surface area (Å²) in [4.78, 5) is 18.7. The molecule has 0 aliphatic carbocycles. The van der Waals surface area contributed by atoms with Gasteiger partial charge in [0.1, 0.15) is 6.54 Å². The second kappa shape index (κ2) is 6.51. The Morgan fingerprint density at radius 1 is 1.12 bits per heavy atom. The first kappa shape index (κ1) is 15.0. The molecule has 3 heterocycles. The lowest BCUT2D eigenvalue weighted by Gasteiger charge is -2.32. The average molecular weight is 322 g/mol. The van der Waals surface area contributed by atoms with Crippen molar-refractivity contribution in [2.45, 2.75) is 25.9 Å². The molecule has 5 nitrogen and oxygen atoms in total. The number of carbonyl (C=O) groups is 1. The van der Waals surface area contributed by atoms with Crippen LogP contribution in [-0.4, -0.2) is 38.0 Å². The van der Waals surface area contributed by atoms with E-state index < -0.39 is 0 Å². The van der Waals surface area contributed by atoms with E-state index in [4.69, 9.17) is 0 Å². The molecule has 3 aromatic rings. The fourth-order valence-electron chi connectivity index (χ4n) is 3.58. The summed E-state index contributed by atoms with van der Waals surface area (Å²) in [7, 11) is 0. The van der Waals surface area contributed by atoms with Gasteiger partial charge in [0.15, 0.2) is 0 Å². The zero-order valence-corrected chi connectivity index (χ0v) is 13.7. The number of rotatable bonds is 4. The van der Waals surface area contributed by atoms with E-state index in [0.717, 1.165) is 38.0 Å². The molecule has 1 amide bonds. The number of piperidine rings is 1. The molecule has 0 unspecified atom stereocenters. The van der Waals surface area contributed by atoms with Gasteiger partial charge in [-0.05, 0) is 36.3 Å². The molecule has 0 bridgehead atoms. The third-order valence-corrected chi connectivity index (χ3v) is 4.98. The van der Waals surface area contributed by atoms with Gasteiger partial charge in [-0.15, -0.1) is 0 Å². The number of para-hydroxylation sites is 1. The topological polar surface area (TPSA) is 43.1 Å². The Kier molecular flexibility index (Phi) is 4.07. The Balaban J connectivity index is 1.34. The number of likely N-dealkylation sites (tertiary alicyclic amines) is 1. The summed E-state index contributed by atoms with van der Waals surface area (Å²) in [5, 5.41) is 1.18. The van der Waals surface area contributed by atoms with Crippen molar-refractivity contribution >= 4 is 16.8 Å². The lowest BCUT2D eigenvalue weighted by atomic mass is 9.96. The van der Waals surface area contributed by atoms with Crippen LogP contribution in [0.2, 0.25) is 0 Å². The van der Waals surface area contributed by atoms with Crippen LogP contribution in [-0.2, 0) is 17.9 Å². The number of fused-ring (bicyclic) bond motifs is 1. The first-order chi connectivity index (χ1) is 11.8. The van der Waals surface area contributed by atoms with Gasteiger partial charge >= 0.3 is 0 Å². The molecule has 1 aliphatic heterocycles. The maximum absolute atomic E-state index is 12.6. The average Bonchev–Trinajstić information content (AvgIpc) is 3.26. The van der Waals surface area contributed by atoms with Crippen molar-refractivity contribution in [2.75, 3.05) is 13.1 Å². The molecule has 4 rings (SSSR count). The van der Waals surface area contributed by atoms with E-state index in [-0.39, 0.29) is 5.91 Å². The molecule has 1 aromatic carbocycles. The third-order valence-electron chi connectivity index (χ3n) is 4.98. The van der Waals surface area contributed by atoms with E-state index in [1.54, 1.807) is 0 Å². The van der Waals surface area contributed by atoms with Crippen molar-refractivity contribution in [1.82, 2.24) is 19.0 Å². The summed E-state index contributed by atoms with van der Waals surface area (Å²) in [6.07, 6.45) is 9.84. The molecular weight excluding hydrogens is 300 g/mol. The number of hydrogen-bond acceptors (Lipinski definition) is 2. The first-order valence-corrected chi connectivity index (χ1v) is 8.57. The Hall–Kier alpha value is -2.56. The van der Waals surface area contributed by atoms with Gasteiger partial charge < -0.3 is 14.0 Å². The maximum atomic E-state index is 12.6. The van der Waals surface area contributed by atoms with Gasteiger partial charge in [-0.1, -0.05) is 18.2 Å². The second-order valence-corrected chi connectivity index (χ2v) is 6.59. The van der Waals surface area contributed by atoms with E-state index in [0.29, 0.717) is 12.5 Å². The molecule has 1 aliphatic rings. The van der Waals surface area contributed by atoms with Crippen LogP contribution in [0, 0.1) is 5.92 Å². The normalized spacial score (nSPS) is 15.9. The maximum Gasteiger partial charge on any atom is 0.242 e. The van der Waals surface area contributed by atoms with E-state index in [2.05, 4.69) is 32.3 Å². The molecule has 0 saturated carbocycles. The number of aromatic nitrogens is 3. The fourth-order valence-corrected chi connectivity index (χ4v) is 3.58. The standard InChI is InChI=1S/C19H22N4O/c24-19(14-23-11-7-17-3-1-2-4-18(17)23)22-9-5-16(6-10-22)13-21-12-8-20-15-21/h1-4,7-8,11-12,15-16H,5-6,9-10,13-14H2. The molecule has 124 valence electrons. The van der Waals surface area contributed by atoms with Crippen LogP contribution >= 0.6 is 0 Å². The van der Waals surface area contributed by atoms with Gasteiger partial charge in [0.25, 0.3) is 0 Å². The highest BCUT2D eigenvalue weighted by Gasteiger charge is 2.23. The highest BCUT2D eigenvalue weighted by Crippen LogP contribution is 2.20. The first-order valence-electron chi connectivity index (χ1n) is 8.57. The molecule has 0 N–H and O–H groups in total. The largest absolute Gasteiger partial charge is 0.341 e. The van der Waals surface area contributed by atoms with E-state index in [1.165, 1.54) is 5.39 Å². The molecule has 5 heteroatoms. The van der Waals surface area contributed by atoms with Crippen LogP contribution < -0.4 is 0 Å². The van der Waals surface area contributed by atoms with Gasteiger partial charge in [-0.2, -0.15) is 0 Å². The summed E-state index contributed by atoms with van der Waals surface area (Å²) >= 11 is 0. The van der Waals surface area contributed by atoms with Gasteiger partial charge in [0.2, 0.25) is 5.91 Å². The highest BCUT2D eigenvalue weighted by molar-refractivity contribution is 5.83. The van der Waals surface area contributed by atoms with Gasteiger partial charge in [0, 0.05) is 43.7 Å². The van der Waals surface area contributed by atoms with Crippen molar-refractivity contribution in [3.05, 3.63) is 55.2 Å². The smallest absolute Gasteiger partial charge is 0.242 e. The van der Waals surface area contributed by atoms with Crippen LogP contribution in [0.15, 0.2) is 55.2 Å². The summed E-state index contributed by atoms with van der Waals surface area (Å²) in [5.41, 5.74) is 1.13. The van der Waals surface area contributed by atoms with E-state index in [9.17, 15) is 4.79 Å². The minimum Gasteiger partial charge on any atom is -0.341 e. The van der Waals surface area contributed by atoms with Gasteiger partial charge in [-0.3, -0.25) is 4.79 Å². The quantitative estimate of drug-likeness (QED) is 0.741. The van der Waals surface area contributed by atoms with Crippen molar-refractivity contribution < 1.29 is 4.79 Å². The number of amides is 1. The molecule has 1 saturated heterocycles. The zero-order valence-electron chi connectivity index (χ0n) is 13.7. The van der Waals surface area contributed by atoms with Crippen molar-refractivity contribution in [3.8, 4) is 0 Å². The van der Waals surface area contributed by atoms with Crippen LogP contribution in [0.25, 0.3) is 10.9 Å². The van der Waals surface area contributed by atoms with Crippen LogP contribution in [0.5, 0.6) is 0 Å². The zero-order chi connectivity index (χ0) is 16.4. The van der Waals surface area contributed by atoms with E-state index in [1.807, 2.05) is 42.0 Å². The summed E-state index contributed by atoms with van der Waals surface area (Å²) in [5.74, 6) is 0.855. The highest BCUT2D eigenvalue weighted by atomic mass is 16.2. The predicted octanol–water partition coefficient (Wildman–Crippen LogP) is 2.78. The minimum absolute atomic E-state index is 0.220. The Morgan fingerprint density at radius 2 is 1.96 bits per heavy atom. The third kappa shape index (κ3) is 3.07. The number of hydrogen-bond donors (Lipinski definition) is 0. The van der Waals surface area contributed by atoms with Crippen LogP contribution in [0.4, 0.5) is 0 Å². The Bertz CT molecular complexity index is 813. The SMILES string of the molecule is O=C(Cn1ccc2ccccc21)N1CCC(Cn2ccnc2)CC1. The molecule has 1 fully saturated rings. The lowest BCUT2D eigenvalue weighted by Crippen LogP contribution is -2.40. The molecule has 0 atom stereocenters. The molecule has 2 aromatic heterocycles. The number of benzene rings is 1. The molecule has 0 spiro atoms. The summed E-state index contributed by atoms with van der Waals surface area (Å²) in [6.45, 7) is 3.15. The van der Waals surface area contributed by atoms with Gasteiger partial charge in [-0.25, -0.2) is 4.98 Å². The summed E-state index contributed by atoms with van der Waals surface area (Å²) < 4.78 is 4.18. The second-order valence-electron chi connectivity index (χ2n) is 6.59. The van der Waals surface area contributed by atoms with Crippen molar-refractivity contribution in [1.29, 1.82) is 0 Å². The molecule has 24 heavy (non-hydrogen) atoms. The van der Waals surface area contributed by atoms with E-state index >= 15 is 0 Å². The summed E-state index contributed by atoms with van der Waals surface area (Å²) in [6, 6.07) is 10.3. The molecular formula is C19H22N4O. The Labute approximate surface area is 141 Å². The monoisotopic (exact) mass is 322 g/mol. The molecule has 0 radical (unpaired) electrons. The fraction of sp³-hybridized carbons (Fsp3) is 0.368. The van der Waals surface area contributed by atoms with Crippen molar-refractivity contribution in [3.63, 3.8) is 0 Å².